The zero-order valence-corrected chi connectivity index (χ0v) is 7.15. The molecule has 0 aliphatic rings. The first-order valence-corrected chi connectivity index (χ1v) is 3.87. The van der Waals surface area contributed by atoms with Gasteiger partial charge in [-0.2, -0.15) is 5.10 Å². The van der Waals surface area contributed by atoms with Gasteiger partial charge in [0, 0.05) is 5.69 Å². The summed E-state index contributed by atoms with van der Waals surface area (Å²) in [5.74, 6) is 0. The maximum absolute atomic E-state index is 4.18. The van der Waals surface area contributed by atoms with E-state index in [4.69, 9.17) is 0 Å². The Labute approximate surface area is 67.3 Å². The normalized spacial score (nSPS) is 10.0. The highest BCUT2D eigenvalue weighted by molar-refractivity contribution is 5.22. The summed E-state index contributed by atoms with van der Waals surface area (Å²) in [4.78, 5) is 0. The van der Waals surface area contributed by atoms with Crippen LogP contribution in [0.4, 0.5) is 0 Å². The number of hydrogen-bond acceptors (Lipinski definition) is 1. The van der Waals surface area contributed by atoms with Crippen LogP contribution in [-0.4, -0.2) is 10.2 Å². The molecule has 0 unspecified atom stereocenters. The minimum absolute atomic E-state index is 1.000. The quantitative estimate of drug-likeness (QED) is 0.657. The molecule has 1 aromatic rings. The Morgan fingerprint density at radius 3 is 2.73 bits per heavy atom. The Morgan fingerprint density at radius 1 is 1.55 bits per heavy atom. The van der Waals surface area contributed by atoms with Crippen LogP contribution >= 0.6 is 0 Å². The molecule has 1 rings (SSSR count). The number of nitrogens with one attached hydrogen (secondary N) is 1. The van der Waals surface area contributed by atoms with Crippen molar-refractivity contribution in [2.24, 2.45) is 0 Å². The van der Waals surface area contributed by atoms with Crippen molar-refractivity contribution in [1.29, 1.82) is 0 Å². The number of allylic oxidation sites excluding steroid dienone is 1. The molecule has 0 saturated heterocycles. The highest BCUT2D eigenvalue weighted by atomic mass is 15.1. The Hall–Kier alpha value is -1.05. The van der Waals surface area contributed by atoms with Crippen molar-refractivity contribution < 1.29 is 0 Å². The van der Waals surface area contributed by atoms with Crippen LogP contribution in [0.15, 0.2) is 12.7 Å². The molecule has 0 aliphatic heterocycles. The number of nitrogens with zero attached hydrogens (tertiary/aromatic N) is 1. The number of hydrogen-bond donors (Lipinski definition) is 1. The molecule has 0 saturated carbocycles. The molecule has 1 N–H and O–H groups in total. The van der Waals surface area contributed by atoms with E-state index in [0.717, 1.165) is 12.8 Å². The minimum Gasteiger partial charge on any atom is -0.282 e. The van der Waals surface area contributed by atoms with Crippen LogP contribution in [-0.2, 0) is 6.42 Å². The Balaban J connectivity index is 2.70. The number of aromatic nitrogens is 2. The molecule has 0 aliphatic carbocycles. The summed E-state index contributed by atoms with van der Waals surface area (Å²) in [7, 11) is 0. The molecule has 2 heteroatoms. The fourth-order valence-corrected chi connectivity index (χ4v) is 1.02. The van der Waals surface area contributed by atoms with E-state index in [0.29, 0.717) is 0 Å². The molecule has 0 bridgehead atoms. The topological polar surface area (TPSA) is 28.7 Å². The van der Waals surface area contributed by atoms with Gasteiger partial charge in [-0.25, -0.2) is 0 Å². The first kappa shape index (κ1) is 8.05. The average Bonchev–Trinajstić information content (AvgIpc) is 2.31. The van der Waals surface area contributed by atoms with Crippen molar-refractivity contribution in [3.8, 4) is 0 Å². The number of aryl methyl sites for hydroxylation is 2. The second kappa shape index (κ2) is 3.37. The van der Waals surface area contributed by atoms with Gasteiger partial charge in [0.15, 0.2) is 0 Å². The maximum Gasteiger partial charge on any atom is 0.0657 e. The van der Waals surface area contributed by atoms with Gasteiger partial charge >= 0.3 is 0 Å². The smallest absolute Gasteiger partial charge is 0.0657 e. The Bertz CT molecular complexity index is 248. The molecular formula is C9H14N2. The van der Waals surface area contributed by atoms with Crippen LogP contribution in [0.1, 0.15) is 23.4 Å². The van der Waals surface area contributed by atoms with E-state index in [1.54, 1.807) is 0 Å². The second-order valence-corrected chi connectivity index (χ2v) is 2.75. The predicted molar refractivity (Wildman–Crippen MR) is 46.6 cm³/mol. The van der Waals surface area contributed by atoms with Gasteiger partial charge in [0.1, 0.15) is 0 Å². The lowest BCUT2D eigenvalue weighted by atomic mass is 10.1. The lowest BCUT2D eigenvalue weighted by Crippen LogP contribution is -1.86. The molecule has 0 atom stereocenters. The average molecular weight is 150 g/mol. The van der Waals surface area contributed by atoms with Crippen LogP contribution in [0.5, 0.6) is 0 Å². The van der Waals surface area contributed by atoms with E-state index in [2.05, 4.69) is 23.7 Å². The van der Waals surface area contributed by atoms with E-state index < -0.39 is 0 Å². The second-order valence-electron chi connectivity index (χ2n) is 2.75. The number of rotatable bonds is 3. The molecule has 0 spiro atoms. The van der Waals surface area contributed by atoms with Gasteiger partial charge in [-0.1, -0.05) is 6.08 Å². The van der Waals surface area contributed by atoms with E-state index in [1.807, 2.05) is 13.0 Å². The van der Waals surface area contributed by atoms with Gasteiger partial charge in [0.2, 0.25) is 0 Å². The molecule has 1 heterocycles. The third-order valence-electron chi connectivity index (χ3n) is 1.94. The van der Waals surface area contributed by atoms with Crippen LogP contribution in [0.2, 0.25) is 0 Å². The fraction of sp³-hybridized carbons (Fsp3) is 0.444. The zero-order chi connectivity index (χ0) is 8.27. The molecule has 1 aromatic heterocycles. The van der Waals surface area contributed by atoms with E-state index in [9.17, 15) is 0 Å². The van der Waals surface area contributed by atoms with Crippen molar-refractivity contribution in [3.05, 3.63) is 29.6 Å². The molecule has 60 valence electrons. The zero-order valence-electron chi connectivity index (χ0n) is 7.15. The Kier molecular flexibility index (Phi) is 2.47. The van der Waals surface area contributed by atoms with Gasteiger partial charge in [-0.3, -0.25) is 5.10 Å². The lowest BCUT2D eigenvalue weighted by molar-refractivity contribution is 0.907. The molecule has 0 aromatic carbocycles. The highest BCUT2D eigenvalue weighted by Crippen LogP contribution is 2.09. The standard InChI is InChI=1S/C9H14N2/c1-4-5-6-9-7(2)8(3)10-11-9/h4H,1,5-6H2,2-3H3,(H,10,11). The first-order valence-electron chi connectivity index (χ1n) is 3.87. The van der Waals surface area contributed by atoms with Crippen LogP contribution in [0, 0.1) is 13.8 Å². The summed E-state index contributed by atoms with van der Waals surface area (Å²) in [6.07, 6.45) is 3.92. The van der Waals surface area contributed by atoms with E-state index in [-0.39, 0.29) is 0 Å². The Morgan fingerprint density at radius 2 is 2.27 bits per heavy atom. The van der Waals surface area contributed by atoms with Crippen LogP contribution in [0.3, 0.4) is 0 Å². The molecule has 0 radical (unpaired) electrons. The summed E-state index contributed by atoms with van der Waals surface area (Å²) < 4.78 is 0. The summed E-state index contributed by atoms with van der Waals surface area (Å²) in [5, 5.41) is 7.14. The third-order valence-corrected chi connectivity index (χ3v) is 1.94. The van der Waals surface area contributed by atoms with Gasteiger partial charge in [-0.15, -0.1) is 6.58 Å². The summed E-state index contributed by atoms with van der Waals surface area (Å²) >= 11 is 0. The summed E-state index contributed by atoms with van der Waals surface area (Å²) in [6.45, 7) is 7.81. The number of H-pyrrole nitrogens is 1. The third kappa shape index (κ3) is 1.70. The SMILES string of the molecule is C=CCCc1n[nH]c(C)c1C. The molecule has 2 nitrogen and oxygen atoms in total. The van der Waals surface area contributed by atoms with Crippen molar-refractivity contribution in [2.75, 3.05) is 0 Å². The fourth-order valence-electron chi connectivity index (χ4n) is 1.02. The summed E-state index contributed by atoms with van der Waals surface area (Å²) in [6, 6.07) is 0. The summed E-state index contributed by atoms with van der Waals surface area (Å²) in [5.41, 5.74) is 3.62. The van der Waals surface area contributed by atoms with E-state index in [1.165, 1.54) is 17.0 Å². The van der Waals surface area contributed by atoms with Gasteiger partial charge in [-0.05, 0) is 32.3 Å². The largest absolute Gasteiger partial charge is 0.282 e. The lowest BCUT2D eigenvalue weighted by Gasteiger charge is -1.93. The van der Waals surface area contributed by atoms with Crippen LogP contribution in [0.25, 0.3) is 0 Å². The number of aromatic amines is 1. The first-order chi connectivity index (χ1) is 5.25. The van der Waals surface area contributed by atoms with Gasteiger partial charge < -0.3 is 0 Å². The molecular weight excluding hydrogens is 136 g/mol. The maximum atomic E-state index is 4.18. The predicted octanol–water partition coefficient (Wildman–Crippen LogP) is 2.15. The van der Waals surface area contributed by atoms with E-state index >= 15 is 0 Å². The minimum atomic E-state index is 1.000. The van der Waals surface area contributed by atoms with Crippen molar-refractivity contribution >= 4 is 0 Å². The van der Waals surface area contributed by atoms with Crippen molar-refractivity contribution in [2.45, 2.75) is 26.7 Å². The van der Waals surface area contributed by atoms with Crippen molar-refractivity contribution in [1.82, 2.24) is 10.2 Å². The molecule has 11 heavy (non-hydrogen) atoms. The van der Waals surface area contributed by atoms with Gasteiger partial charge in [0.25, 0.3) is 0 Å². The van der Waals surface area contributed by atoms with Gasteiger partial charge in [0.05, 0.1) is 5.69 Å². The van der Waals surface area contributed by atoms with Crippen LogP contribution < -0.4 is 0 Å². The monoisotopic (exact) mass is 150 g/mol. The highest BCUT2D eigenvalue weighted by Gasteiger charge is 2.02. The molecule has 0 fully saturated rings. The molecule has 0 amide bonds. The van der Waals surface area contributed by atoms with Crippen molar-refractivity contribution in [3.63, 3.8) is 0 Å².